The third kappa shape index (κ3) is 4.33. The predicted octanol–water partition coefficient (Wildman–Crippen LogP) is 3.41. The molecule has 0 fully saturated rings. The summed E-state index contributed by atoms with van der Waals surface area (Å²) in [5.74, 6) is -0.312. The molecule has 2 rings (SSSR count). The fraction of sp³-hybridized carbons (Fsp3) is 0.235. The Morgan fingerprint density at radius 2 is 1.83 bits per heavy atom. The van der Waals surface area contributed by atoms with Crippen molar-refractivity contribution >= 4 is 27.3 Å². The molecule has 6 heteroatoms. The van der Waals surface area contributed by atoms with Crippen LogP contribution in [0.5, 0.6) is 0 Å². The highest BCUT2D eigenvalue weighted by Crippen LogP contribution is 2.19. The molecule has 0 N–H and O–H groups in total. The van der Waals surface area contributed by atoms with Crippen LogP contribution in [0.1, 0.15) is 22.8 Å². The summed E-state index contributed by atoms with van der Waals surface area (Å²) >= 11 is 5.97. The molecule has 1 amide bonds. The molecular formula is C17H18ClNO3S. The largest absolute Gasteiger partial charge is 0.335 e. The zero-order valence-corrected chi connectivity index (χ0v) is 14.6. The maximum absolute atomic E-state index is 12.8. The van der Waals surface area contributed by atoms with E-state index in [2.05, 4.69) is 0 Å². The van der Waals surface area contributed by atoms with E-state index < -0.39 is 9.84 Å². The van der Waals surface area contributed by atoms with E-state index in [-0.39, 0.29) is 16.4 Å². The number of benzene rings is 2. The second kappa shape index (κ2) is 7.15. The molecule has 4 nitrogen and oxygen atoms in total. The van der Waals surface area contributed by atoms with Gasteiger partial charge >= 0.3 is 0 Å². The monoisotopic (exact) mass is 351 g/mol. The molecule has 0 radical (unpaired) electrons. The molecule has 122 valence electrons. The summed E-state index contributed by atoms with van der Waals surface area (Å²) in [6, 6.07) is 13.5. The number of sulfone groups is 1. The van der Waals surface area contributed by atoms with E-state index in [9.17, 15) is 13.2 Å². The molecule has 0 aliphatic heterocycles. The van der Waals surface area contributed by atoms with Crippen LogP contribution in [0.25, 0.3) is 0 Å². The molecule has 0 aliphatic carbocycles. The van der Waals surface area contributed by atoms with Gasteiger partial charge in [0.15, 0.2) is 9.84 Å². The molecule has 2 aromatic rings. The summed E-state index contributed by atoms with van der Waals surface area (Å²) in [6.45, 7) is 2.68. The van der Waals surface area contributed by atoms with Crippen molar-refractivity contribution in [3.8, 4) is 0 Å². The zero-order chi connectivity index (χ0) is 17.0. The van der Waals surface area contributed by atoms with Gasteiger partial charge in [-0.3, -0.25) is 4.79 Å². The minimum absolute atomic E-state index is 0.0505. The minimum Gasteiger partial charge on any atom is -0.335 e. The molecule has 0 bridgehead atoms. The summed E-state index contributed by atoms with van der Waals surface area (Å²) in [7, 11) is -3.47. The third-order valence-electron chi connectivity index (χ3n) is 3.45. The standard InChI is InChI=1S/C17H18ClNO3S/c1-3-19(12-13-7-6-8-14(18)11-13)17(20)15-9-4-5-10-16(15)23(2,21)22/h4-11H,3,12H2,1-2H3. The molecular weight excluding hydrogens is 334 g/mol. The maximum Gasteiger partial charge on any atom is 0.255 e. The van der Waals surface area contributed by atoms with E-state index in [0.717, 1.165) is 11.8 Å². The van der Waals surface area contributed by atoms with Gasteiger partial charge in [0.05, 0.1) is 10.5 Å². The Kier molecular flexibility index (Phi) is 5.44. The molecule has 0 saturated carbocycles. The molecule has 2 aromatic carbocycles. The number of carbonyl (C=O) groups is 1. The Hall–Kier alpha value is -1.85. The van der Waals surface area contributed by atoms with Gasteiger partial charge in [0, 0.05) is 24.4 Å². The minimum atomic E-state index is -3.47. The molecule has 0 saturated heterocycles. The van der Waals surface area contributed by atoms with E-state index in [1.54, 1.807) is 35.2 Å². The van der Waals surface area contributed by atoms with Gasteiger partial charge in [0.2, 0.25) is 0 Å². The molecule has 0 aromatic heterocycles. The van der Waals surface area contributed by atoms with Crippen LogP contribution in [0.2, 0.25) is 5.02 Å². The Morgan fingerprint density at radius 3 is 2.43 bits per heavy atom. The Bertz CT molecular complexity index is 818. The van der Waals surface area contributed by atoms with E-state index in [4.69, 9.17) is 11.6 Å². The van der Waals surface area contributed by atoms with E-state index in [0.29, 0.717) is 18.1 Å². The van der Waals surface area contributed by atoms with E-state index in [1.807, 2.05) is 19.1 Å². The van der Waals surface area contributed by atoms with Crippen molar-refractivity contribution in [3.05, 3.63) is 64.7 Å². The Morgan fingerprint density at radius 1 is 1.13 bits per heavy atom. The Labute approximate surface area is 141 Å². The number of nitrogens with zero attached hydrogens (tertiary/aromatic N) is 1. The van der Waals surface area contributed by atoms with Gasteiger partial charge in [-0.15, -0.1) is 0 Å². The van der Waals surface area contributed by atoms with Crippen LogP contribution in [0.15, 0.2) is 53.4 Å². The van der Waals surface area contributed by atoms with Gasteiger partial charge in [-0.25, -0.2) is 8.42 Å². The van der Waals surface area contributed by atoms with Crippen molar-refractivity contribution in [1.29, 1.82) is 0 Å². The van der Waals surface area contributed by atoms with Gasteiger partial charge in [0.1, 0.15) is 0 Å². The number of carbonyl (C=O) groups excluding carboxylic acids is 1. The first kappa shape index (κ1) is 17.5. The average Bonchev–Trinajstić information content (AvgIpc) is 2.51. The lowest BCUT2D eigenvalue weighted by molar-refractivity contribution is 0.0748. The van der Waals surface area contributed by atoms with Crippen LogP contribution in [0.4, 0.5) is 0 Å². The summed E-state index contributed by atoms with van der Waals surface area (Å²) in [5.41, 5.74) is 1.09. The van der Waals surface area contributed by atoms with Crippen LogP contribution >= 0.6 is 11.6 Å². The van der Waals surface area contributed by atoms with Crippen LogP contribution in [0, 0.1) is 0 Å². The van der Waals surface area contributed by atoms with Gasteiger partial charge < -0.3 is 4.90 Å². The number of halogens is 1. The summed E-state index contributed by atoms with van der Waals surface area (Å²) in [4.78, 5) is 14.4. The second-order valence-corrected chi connectivity index (χ2v) is 7.64. The number of hydrogen-bond donors (Lipinski definition) is 0. The SMILES string of the molecule is CCN(Cc1cccc(Cl)c1)C(=O)c1ccccc1S(C)(=O)=O. The van der Waals surface area contributed by atoms with Crippen molar-refractivity contribution in [3.63, 3.8) is 0 Å². The molecule has 0 atom stereocenters. The predicted molar refractivity (Wildman–Crippen MR) is 91.4 cm³/mol. The molecule has 0 spiro atoms. The fourth-order valence-corrected chi connectivity index (χ4v) is 3.41. The van der Waals surface area contributed by atoms with Crippen LogP contribution in [-0.4, -0.2) is 32.0 Å². The Balaban J connectivity index is 2.34. The van der Waals surface area contributed by atoms with Gasteiger partial charge in [-0.05, 0) is 36.8 Å². The van der Waals surface area contributed by atoms with Crippen molar-refractivity contribution in [2.24, 2.45) is 0 Å². The second-order valence-electron chi connectivity index (χ2n) is 5.22. The maximum atomic E-state index is 12.8. The summed E-state index contributed by atoms with van der Waals surface area (Å²) in [5, 5.41) is 0.600. The quantitative estimate of drug-likeness (QED) is 0.829. The molecule has 0 aliphatic rings. The van der Waals surface area contributed by atoms with Gasteiger partial charge in [-0.1, -0.05) is 35.9 Å². The summed E-state index contributed by atoms with van der Waals surface area (Å²) < 4.78 is 23.8. The molecule has 23 heavy (non-hydrogen) atoms. The molecule has 0 heterocycles. The van der Waals surface area contributed by atoms with Crippen molar-refractivity contribution in [1.82, 2.24) is 4.90 Å². The fourth-order valence-electron chi connectivity index (χ4n) is 2.32. The number of amides is 1. The van der Waals surface area contributed by atoms with Crippen molar-refractivity contribution < 1.29 is 13.2 Å². The first-order valence-electron chi connectivity index (χ1n) is 7.15. The normalized spacial score (nSPS) is 11.3. The van der Waals surface area contributed by atoms with Crippen LogP contribution < -0.4 is 0 Å². The van der Waals surface area contributed by atoms with Crippen LogP contribution in [0.3, 0.4) is 0 Å². The van der Waals surface area contributed by atoms with Crippen molar-refractivity contribution in [2.45, 2.75) is 18.4 Å². The third-order valence-corrected chi connectivity index (χ3v) is 4.84. The average molecular weight is 352 g/mol. The lowest BCUT2D eigenvalue weighted by atomic mass is 10.1. The van der Waals surface area contributed by atoms with Gasteiger partial charge in [-0.2, -0.15) is 0 Å². The highest BCUT2D eigenvalue weighted by molar-refractivity contribution is 7.90. The van der Waals surface area contributed by atoms with Gasteiger partial charge in [0.25, 0.3) is 5.91 Å². The van der Waals surface area contributed by atoms with E-state index >= 15 is 0 Å². The number of hydrogen-bond acceptors (Lipinski definition) is 3. The lowest BCUT2D eigenvalue weighted by Crippen LogP contribution is -2.31. The first-order valence-corrected chi connectivity index (χ1v) is 9.42. The first-order chi connectivity index (χ1) is 10.8. The van der Waals surface area contributed by atoms with E-state index in [1.165, 1.54) is 6.07 Å². The van der Waals surface area contributed by atoms with Crippen LogP contribution in [-0.2, 0) is 16.4 Å². The lowest BCUT2D eigenvalue weighted by Gasteiger charge is -2.22. The molecule has 0 unspecified atom stereocenters. The highest BCUT2D eigenvalue weighted by Gasteiger charge is 2.22. The highest BCUT2D eigenvalue weighted by atomic mass is 35.5. The topological polar surface area (TPSA) is 54.5 Å². The smallest absolute Gasteiger partial charge is 0.255 e. The zero-order valence-electron chi connectivity index (χ0n) is 13.0. The summed E-state index contributed by atoms with van der Waals surface area (Å²) in [6.07, 6.45) is 1.10. The number of rotatable bonds is 5. The van der Waals surface area contributed by atoms with Crippen molar-refractivity contribution in [2.75, 3.05) is 12.8 Å².